The van der Waals surface area contributed by atoms with Gasteiger partial charge in [-0.25, -0.2) is 4.98 Å². The molecule has 1 saturated heterocycles. The number of aromatic nitrogens is 1. The monoisotopic (exact) mass is 344 g/mol. The van der Waals surface area contributed by atoms with Gasteiger partial charge in [0.1, 0.15) is 12.2 Å². The average molecular weight is 344 g/mol. The molecule has 4 rings (SSSR count). The first-order valence-corrected chi connectivity index (χ1v) is 9.20. The Bertz CT molecular complexity index is 677. The Morgan fingerprint density at radius 2 is 2.29 bits per heavy atom. The lowest BCUT2D eigenvalue weighted by Gasteiger charge is -2.39. The number of amides is 1. The van der Waals surface area contributed by atoms with Gasteiger partial charge in [0.25, 0.3) is 0 Å². The Labute approximate surface area is 145 Å². The quantitative estimate of drug-likeness (QED) is 0.855. The fourth-order valence-electron chi connectivity index (χ4n) is 3.59. The van der Waals surface area contributed by atoms with E-state index in [4.69, 9.17) is 9.47 Å². The Balaban J connectivity index is 1.43. The Hall–Kier alpha value is -1.92. The Morgan fingerprint density at radius 1 is 1.33 bits per heavy atom. The maximum absolute atomic E-state index is 12.7. The van der Waals surface area contributed by atoms with Crippen LogP contribution in [0.5, 0.6) is 5.88 Å². The minimum Gasteiger partial charge on any atom is -0.471 e. The number of nitrogens with zero attached hydrogens (tertiary/aromatic N) is 2. The zero-order chi connectivity index (χ0) is 16.4. The summed E-state index contributed by atoms with van der Waals surface area (Å²) in [5.41, 5.74) is 0. The first-order valence-electron chi connectivity index (χ1n) is 8.32. The van der Waals surface area contributed by atoms with Crippen molar-refractivity contribution in [3.05, 3.63) is 46.8 Å². The van der Waals surface area contributed by atoms with E-state index in [1.807, 2.05) is 40.6 Å². The van der Waals surface area contributed by atoms with Gasteiger partial charge in [0, 0.05) is 23.7 Å². The summed E-state index contributed by atoms with van der Waals surface area (Å²) in [6, 6.07) is 9.75. The van der Waals surface area contributed by atoms with E-state index < -0.39 is 0 Å². The van der Waals surface area contributed by atoms with Crippen LogP contribution in [0.25, 0.3) is 0 Å². The Kier molecular flexibility index (Phi) is 4.49. The van der Waals surface area contributed by atoms with Gasteiger partial charge in [-0.3, -0.25) is 4.79 Å². The molecule has 2 fully saturated rings. The van der Waals surface area contributed by atoms with E-state index in [1.54, 1.807) is 17.5 Å². The van der Waals surface area contributed by atoms with Crippen molar-refractivity contribution in [1.29, 1.82) is 0 Å². The predicted molar refractivity (Wildman–Crippen MR) is 91.2 cm³/mol. The summed E-state index contributed by atoms with van der Waals surface area (Å²) in [5.74, 6) is 0.808. The molecular weight excluding hydrogens is 324 g/mol. The number of pyridine rings is 1. The molecule has 0 radical (unpaired) electrons. The van der Waals surface area contributed by atoms with E-state index in [1.165, 1.54) is 0 Å². The van der Waals surface area contributed by atoms with Gasteiger partial charge in [-0.1, -0.05) is 12.1 Å². The summed E-state index contributed by atoms with van der Waals surface area (Å²) >= 11 is 1.63. The van der Waals surface area contributed by atoms with Crippen LogP contribution in [-0.4, -0.2) is 47.2 Å². The van der Waals surface area contributed by atoms with E-state index in [-0.39, 0.29) is 24.2 Å². The normalized spacial score (nSPS) is 26.2. The van der Waals surface area contributed by atoms with Crippen LogP contribution in [0.1, 0.15) is 17.7 Å². The zero-order valence-electron chi connectivity index (χ0n) is 13.3. The van der Waals surface area contributed by atoms with E-state index in [0.717, 1.165) is 17.7 Å². The molecule has 2 aliphatic rings. The second kappa shape index (κ2) is 6.91. The molecule has 3 atom stereocenters. The molecule has 1 aliphatic heterocycles. The van der Waals surface area contributed by atoms with Gasteiger partial charge in [0.05, 0.1) is 19.1 Å². The van der Waals surface area contributed by atoms with Gasteiger partial charge < -0.3 is 14.4 Å². The number of hydrogen-bond donors (Lipinski definition) is 0. The van der Waals surface area contributed by atoms with Crippen LogP contribution < -0.4 is 4.74 Å². The molecule has 1 saturated carbocycles. The van der Waals surface area contributed by atoms with Crippen molar-refractivity contribution >= 4 is 17.2 Å². The standard InChI is InChI=1S/C18H20N2O3S/c21-17(12-13-4-3-11-24-13)20-9-10-22-18-14(20)6-7-15(18)23-16-5-1-2-8-19-16/h1-5,8,11,14-15,18H,6-7,9-10,12H2/t14-,15+,18+/m0/s1. The lowest BCUT2D eigenvalue weighted by atomic mass is 10.1. The van der Waals surface area contributed by atoms with E-state index in [9.17, 15) is 4.79 Å². The molecule has 0 unspecified atom stereocenters. The van der Waals surface area contributed by atoms with Crippen LogP contribution >= 0.6 is 11.3 Å². The van der Waals surface area contributed by atoms with Gasteiger partial charge in [0.2, 0.25) is 11.8 Å². The van der Waals surface area contributed by atoms with Crippen molar-refractivity contribution in [2.24, 2.45) is 0 Å². The highest BCUT2D eigenvalue weighted by Gasteiger charge is 2.45. The first-order chi connectivity index (χ1) is 11.8. The van der Waals surface area contributed by atoms with Crippen LogP contribution in [0.2, 0.25) is 0 Å². The number of carbonyl (C=O) groups excluding carboxylic acids is 1. The number of thiophene rings is 1. The van der Waals surface area contributed by atoms with Gasteiger partial charge >= 0.3 is 0 Å². The molecule has 1 aliphatic carbocycles. The maximum atomic E-state index is 12.7. The van der Waals surface area contributed by atoms with Crippen molar-refractivity contribution in [1.82, 2.24) is 9.88 Å². The van der Waals surface area contributed by atoms with Gasteiger partial charge in [-0.2, -0.15) is 0 Å². The molecule has 2 aromatic rings. The van der Waals surface area contributed by atoms with Crippen molar-refractivity contribution in [3.63, 3.8) is 0 Å². The minimum absolute atomic E-state index is 0.0396. The molecule has 0 spiro atoms. The zero-order valence-corrected chi connectivity index (χ0v) is 14.2. The van der Waals surface area contributed by atoms with Crippen molar-refractivity contribution in [3.8, 4) is 5.88 Å². The summed E-state index contributed by atoms with van der Waals surface area (Å²) in [4.78, 5) is 20.0. The lowest BCUT2D eigenvalue weighted by molar-refractivity contribution is -0.147. The number of rotatable bonds is 4. The largest absolute Gasteiger partial charge is 0.471 e. The van der Waals surface area contributed by atoms with Crippen molar-refractivity contribution < 1.29 is 14.3 Å². The average Bonchev–Trinajstić information content (AvgIpc) is 3.26. The van der Waals surface area contributed by atoms with Crippen LogP contribution in [-0.2, 0) is 16.0 Å². The summed E-state index contributed by atoms with van der Waals surface area (Å²) in [7, 11) is 0. The molecule has 24 heavy (non-hydrogen) atoms. The molecule has 6 heteroatoms. The second-order valence-corrected chi connectivity index (χ2v) is 7.18. The van der Waals surface area contributed by atoms with Crippen molar-refractivity contribution in [2.75, 3.05) is 13.2 Å². The number of carbonyl (C=O) groups is 1. The van der Waals surface area contributed by atoms with Crippen LogP contribution in [0.3, 0.4) is 0 Å². The fourth-order valence-corrected chi connectivity index (χ4v) is 4.28. The lowest BCUT2D eigenvalue weighted by Crippen LogP contribution is -2.54. The third-order valence-electron chi connectivity index (χ3n) is 4.67. The van der Waals surface area contributed by atoms with Gasteiger partial charge in [0.15, 0.2) is 0 Å². The molecule has 3 heterocycles. The number of fused-ring (bicyclic) bond motifs is 1. The van der Waals surface area contributed by atoms with Crippen LogP contribution in [0, 0.1) is 0 Å². The third kappa shape index (κ3) is 3.16. The minimum atomic E-state index is -0.0620. The van der Waals surface area contributed by atoms with Gasteiger partial charge in [-0.15, -0.1) is 11.3 Å². The fraction of sp³-hybridized carbons (Fsp3) is 0.444. The summed E-state index contributed by atoms with van der Waals surface area (Å²) in [6.45, 7) is 1.24. The Morgan fingerprint density at radius 3 is 3.08 bits per heavy atom. The molecular formula is C18H20N2O3S. The highest BCUT2D eigenvalue weighted by Crippen LogP contribution is 2.33. The first kappa shape index (κ1) is 15.6. The van der Waals surface area contributed by atoms with Crippen molar-refractivity contribution in [2.45, 2.75) is 37.5 Å². The van der Waals surface area contributed by atoms with E-state index in [2.05, 4.69) is 4.98 Å². The molecule has 126 valence electrons. The van der Waals surface area contributed by atoms with Crippen LogP contribution in [0.4, 0.5) is 0 Å². The van der Waals surface area contributed by atoms with E-state index >= 15 is 0 Å². The van der Waals surface area contributed by atoms with Gasteiger partial charge in [-0.05, 0) is 30.4 Å². The molecule has 2 aromatic heterocycles. The number of ether oxygens (including phenoxy) is 2. The smallest absolute Gasteiger partial charge is 0.228 e. The number of morpholine rings is 1. The molecule has 0 bridgehead atoms. The highest BCUT2D eigenvalue weighted by molar-refractivity contribution is 7.10. The molecule has 0 aromatic carbocycles. The third-order valence-corrected chi connectivity index (χ3v) is 5.55. The maximum Gasteiger partial charge on any atom is 0.228 e. The van der Waals surface area contributed by atoms with Crippen LogP contribution in [0.15, 0.2) is 41.9 Å². The SMILES string of the molecule is O=C(Cc1cccs1)N1CCO[C@H]2[C@H](Oc3ccccn3)CC[C@@H]21. The summed E-state index contributed by atoms with van der Waals surface area (Å²) < 4.78 is 12.0. The molecule has 5 nitrogen and oxygen atoms in total. The predicted octanol–water partition coefficient (Wildman–Crippen LogP) is 2.52. The molecule has 1 amide bonds. The van der Waals surface area contributed by atoms with E-state index in [0.29, 0.717) is 25.5 Å². The topological polar surface area (TPSA) is 51.7 Å². The molecule has 0 N–H and O–H groups in total. The summed E-state index contributed by atoms with van der Waals surface area (Å²) in [5, 5.41) is 2.01. The summed E-state index contributed by atoms with van der Waals surface area (Å²) in [6.07, 6.45) is 3.90. The second-order valence-electron chi connectivity index (χ2n) is 6.15. The highest BCUT2D eigenvalue weighted by atomic mass is 32.1. The number of hydrogen-bond acceptors (Lipinski definition) is 5.